The summed E-state index contributed by atoms with van der Waals surface area (Å²) in [6, 6.07) is 0. The lowest BCUT2D eigenvalue weighted by molar-refractivity contribution is -0.157. The predicted molar refractivity (Wildman–Crippen MR) is 76.8 cm³/mol. The van der Waals surface area contributed by atoms with Crippen LogP contribution in [-0.4, -0.2) is 23.2 Å². The van der Waals surface area contributed by atoms with Crippen molar-refractivity contribution in [3.8, 4) is 0 Å². The molecular formula is C13H18BrNO3S. The van der Waals surface area contributed by atoms with E-state index in [0.717, 1.165) is 8.79 Å². The third-order valence-electron chi connectivity index (χ3n) is 3.90. The number of carbonyl (C=O) groups excluding carboxylic acids is 1. The number of hydrogen-bond donors (Lipinski definition) is 1. The fraction of sp³-hybridized carbons (Fsp3) is 0.692. The molecule has 6 heteroatoms. The highest BCUT2D eigenvalue weighted by Crippen LogP contribution is 2.50. The van der Waals surface area contributed by atoms with E-state index in [9.17, 15) is 9.90 Å². The van der Waals surface area contributed by atoms with Crippen molar-refractivity contribution in [3.63, 3.8) is 0 Å². The predicted octanol–water partition coefficient (Wildman–Crippen LogP) is 3.09. The molecule has 0 amide bonds. The minimum absolute atomic E-state index is 0.166. The Balaban J connectivity index is 2.24. The van der Waals surface area contributed by atoms with Crippen molar-refractivity contribution in [2.75, 3.05) is 7.11 Å². The molecule has 0 unspecified atom stereocenters. The highest BCUT2D eigenvalue weighted by molar-refractivity contribution is 9.11. The maximum absolute atomic E-state index is 11.8. The Hall–Kier alpha value is -0.460. The quantitative estimate of drug-likeness (QED) is 0.835. The van der Waals surface area contributed by atoms with E-state index in [4.69, 9.17) is 4.74 Å². The second kappa shape index (κ2) is 5.14. The number of carbonyl (C=O) groups is 1. The molecule has 0 aromatic carbocycles. The summed E-state index contributed by atoms with van der Waals surface area (Å²) >= 11 is 4.82. The summed E-state index contributed by atoms with van der Waals surface area (Å²) < 4.78 is 5.77. The molecule has 1 aromatic heterocycles. The summed E-state index contributed by atoms with van der Waals surface area (Å²) in [6.07, 6.45) is 3.38. The van der Waals surface area contributed by atoms with Gasteiger partial charge in [0.25, 0.3) is 0 Å². The van der Waals surface area contributed by atoms with E-state index < -0.39 is 5.60 Å². The molecule has 19 heavy (non-hydrogen) atoms. The highest BCUT2D eigenvalue weighted by Gasteiger charge is 2.49. The molecule has 2 rings (SSSR count). The largest absolute Gasteiger partial charge is 0.469 e. The van der Waals surface area contributed by atoms with E-state index in [1.54, 1.807) is 6.20 Å². The Morgan fingerprint density at radius 2 is 2.32 bits per heavy atom. The molecule has 1 aliphatic rings. The van der Waals surface area contributed by atoms with Crippen LogP contribution in [-0.2, 0) is 15.1 Å². The lowest BCUT2D eigenvalue weighted by atomic mass is 9.63. The number of aliphatic hydroxyl groups is 1. The van der Waals surface area contributed by atoms with Crippen LogP contribution in [0.1, 0.15) is 38.1 Å². The van der Waals surface area contributed by atoms with Gasteiger partial charge in [-0.15, -0.1) is 11.3 Å². The van der Waals surface area contributed by atoms with Crippen molar-refractivity contribution in [2.45, 2.75) is 38.7 Å². The van der Waals surface area contributed by atoms with Crippen LogP contribution in [0.5, 0.6) is 0 Å². The SMILES string of the molecule is COC(=O)[C@@H]1CC[C@](O)(c2ncc(Br)s2)CC1(C)C. The third-order valence-corrected chi connectivity index (χ3v) is 5.57. The highest BCUT2D eigenvalue weighted by atomic mass is 79.9. The molecule has 0 bridgehead atoms. The molecule has 0 spiro atoms. The smallest absolute Gasteiger partial charge is 0.309 e. The van der Waals surface area contributed by atoms with Crippen LogP contribution < -0.4 is 0 Å². The number of esters is 1. The molecule has 1 aliphatic carbocycles. The first-order chi connectivity index (χ1) is 8.78. The molecule has 1 N–H and O–H groups in total. The Labute approximate surface area is 125 Å². The minimum Gasteiger partial charge on any atom is -0.469 e. The average molecular weight is 348 g/mol. The lowest BCUT2D eigenvalue weighted by Gasteiger charge is -2.44. The maximum atomic E-state index is 11.8. The molecular weight excluding hydrogens is 330 g/mol. The van der Waals surface area contributed by atoms with Crippen LogP contribution >= 0.6 is 27.3 Å². The number of hydrogen-bond acceptors (Lipinski definition) is 5. The summed E-state index contributed by atoms with van der Waals surface area (Å²) in [5.41, 5.74) is -1.25. The van der Waals surface area contributed by atoms with Crippen LogP contribution in [0.4, 0.5) is 0 Å². The van der Waals surface area contributed by atoms with Gasteiger partial charge in [-0.3, -0.25) is 4.79 Å². The normalized spacial score (nSPS) is 30.1. The van der Waals surface area contributed by atoms with Crippen LogP contribution in [0.3, 0.4) is 0 Å². The molecule has 1 saturated carbocycles. The molecule has 0 aliphatic heterocycles. The Kier molecular flexibility index (Phi) is 4.05. The van der Waals surface area contributed by atoms with Gasteiger partial charge in [0.1, 0.15) is 10.6 Å². The van der Waals surface area contributed by atoms with Gasteiger partial charge in [-0.1, -0.05) is 13.8 Å². The molecule has 0 saturated heterocycles. The Bertz CT molecular complexity index is 488. The maximum Gasteiger partial charge on any atom is 0.309 e. The number of halogens is 1. The fourth-order valence-electron chi connectivity index (χ4n) is 2.97. The average Bonchev–Trinajstić information content (AvgIpc) is 2.74. The van der Waals surface area contributed by atoms with Gasteiger partial charge in [0.15, 0.2) is 0 Å². The van der Waals surface area contributed by atoms with Crippen molar-refractivity contribution in [1.29, 1.82) is 0 Å². The van der Waals surface area contributed by atoms with Crippen LogP contribution in [0.25, 0.3) is 0 Å². The molecule has 1 fully saturated rings. The van der Waals surface area contributed by atoms with E-state index in [0.29, 0.717) is 19.3 Å². The summed E-state index contributed by atoms with van der Waals surface area (Å²) in [5, 5.41) is 11.6. The van der Waals surface area contributed by atoms with E-state index in [1.165, 1.54) is 18.4 Å². The van der Waals surface area contributed by atoms with E-state index >= 15 is 0 Å². The van der Waals surface area contributed by atoms with Gasteiger partial charge in [0.05, 0.1) is 23.0 Å². The first kappa shape index (κ1) is 14.9. The molecule has 1 aromatic rings. The summed E-state index contributed by atoms with van der Waals surface area (Å²) in [6.45, 7) is 4.00. The first-order valence-electron chi connectivity index (χ1n) is 6.20. The molecule has 106 valence electrons. The third kappa shape index (κ3) is 2.85. The van der Waals surface area contributed by atoms with Gasteiger partial charge >= 0.3 is 5.97 Å². The standard InChI is InChI=1S/C13H18BrNO3S/c1-12(2)7-13(17,11-15-6-9(14)19-11)5-4-8(12)10(16)18-3/h6,8,17H,4-5,7H2,1-3H3/t8-,13+/m0/s1. The second-order valence-corrected chi connectivity index (χ2v) is 8.19. The van der Waals surface area contributed by atoms with Gasteiger partial charge in [0, 0.05) is 0 Å². The van der Waals surface area contributed by atoms with Crippen molar-refractivity contribution < 1.29 is 14.6 Å². The minimum atomic E-state index is -0.940. The van der Waals surface area contributed by atoms with Crippen molar-refractivity contribution in [1.82, 2.24) is 4.98 Å². The number of ether oxygens (including phenoxy) is 1. The van der Waals surface area contributed by atoms with Gasteiger partial charge in [-0.2, -0.15) is 0 Å². The number of nitrogens with zero attached hydrogens (tertiary/aromatic N) is 1. The molecule has 0 radical (unpaired) electrons. The Morgan fingerprint density at radius 1 is 1.63 bits per heavy atom. The summed E-state index contributed by atoms with van der Waals surface area (Å²) in [4.78, 5) is 16.1. The molecule has 4 nitrogen and oxygen atoms in total. The summed E-state index contributed by atoms with van der Waals surface area (Å²) in [7, 11) is 1.41. The van der Waals surface area contributed by atoms with Crippen LogP contribution in [0.15, 0.2) is 9.98 Å². The zero-order chi connectivity index (χ0) is 14.3. The zero-order valence-corrected chi connectivity index (χ0v) is 13.7. The van der Waals surface area contributed by atoms with Crippen LogP contribution in [0.2, 0.25) is 0 Å². The van der Waals surface area contributed by atoms with Crippen molar-refractivity contribution in [3.05, 3.63) is 15.0 Å². The number of thiazole rings is 1. The van der Waals surface area contributed by atoms with Crippen molar-refractivity contribution >= 4 is 33.2 Å². The molecule has 1 heterocycles. The fourth-order valence-corrected chi connectivity index (χ4v) is 4.29. The zero-order valence-electron chi connectivity index (χ0n) is 11.3. The monoisotopic (exact) mass is 347 g/mol. The van der Waals surface area contributed by atoms with Gasteiger partial charge in [-0.25, -0.2) is 4.98 Å². The van der Waals surface area contributed by atoms with Crippen molar-refractivity contribution in [2.24, 2.45) is 11.3 Å². The van der Waals surface area contributed by atoms with Gasteiger partial charge < -0.3 is 9.84 Å². The number of rotatable bonds is 2. The first-order valence-corrected chi connectivity index (χ1v) is 7.81. The van der Waals surface area contributed by atoms with E-state index in [2.05, 4.69) is 20.9 Å². The summed E-state index contributed by atoms with van der Waals surface area (Å²) in [5.74, 6) is -0.353. The lowest BCUT2D eigenvalue weighted by Crippen LogP contribution is -2.45. The van der Waals surface area contributed by atoms with E-state index in [-0.39, 0.29) is 17.3 Å². The van der Waals surface area contributed by atoms with Crippen LogP contribution in [0, 0.1) is 11.3 Å². The van der Waals surface area contributed by atoms with E-state index in [1.807, 2.05) is 13.8 Å². The molecule has 2 atom stereocenters. The second-order valence-electron chi connectivity index (χ2n) is 5.78. The van der Waals surface area contributed by atoms with Gasteiger partial charge in [0.2, 0.25) is 0 Å². The number of methoxy groups -OCH3 is 1. The Morgan fingerprint density at radius 3 is 2.79 bits per heavy atom. The number of aromatic nitrogens is 1. The topological polar surface area (TPSA) is 59.4 Å². The van der Waals surface area contributed by atoms with Gasteiger partial charge in [-0.05, 0) is 40.6 Å².